The normalized spacial score (nSPS) is 21.2. The maximum absolute atomic E-state index is 3.96. The maximum Gasteiger partial charge on any atom is 0.0576 e. The molecule has 0 aromatic rings. The van der Waals surface area contributed by atoms with Crippen LogP contribution in [0.2, 0.25) is 0 Å². The van der Waals surface area contributed by atoms with Crippen LogP contribution in [0.25, 0.3) is 0 Å². The van der Waals surface area contributed by atoms with Gasteiger partial charge in [-0.15, -0.1) is 0 Å². The highest BCUT2D eigenvalue weighted by Gasteiger charge is 2.21. The third-order valence-corrected chi connectivity index (χ3v) is 5.33. The molecule has 2 saturated carbocycles. The second-order valence-electron chi connectivity index (χ2n) is 7.77. The van der Waals surface area contributed by atoms with E-state index in [0.717, 1.165) is 12.1 Å². The fraction of sp³-hybridized carbons (Fsp3) is 0.900. The van der Waals surface area contributed by atoms with Gasteiger partial charge in [-0.1, -0.05) is 50.2 Å². The summed E-state index contributed by atoms with van der Waals surface area (Å²) in [6.07, 6.45) is 20.9. The molecule has 0 spiro atoms. The molecule has 0 aromatic heterocycles. The summed E-state index contributed by atoms with van der Waals surface area (Å²) in [6, 6.07) is 1.52. The summed E-state index contributed by atoms with van der Waals surface area (Å²) in [5.74, 6) is 0. The Morgan fingerprint density at radius 1 is 0.864 bits per heavy atom. The molecule has 0 radical (unpaired) electrons. The quantitative estimate of drug-likeness (QED) is 0.361. The fourth-order valence-electron chi connectivity index (χ4n) is 4.04. The monoisotopic (exact) mass is 306 g/mol. The van der Waals surface area contributed by atoms with Gasteiger partial charge in [0, 0.05) is 12.1 Å². The van der Waals surface area contributed by atoms with Crippen molar-refractivity contribution in [3.8, 4) is 0 Å². The Kier molecular flexibility index (Phi) is 8.54. The van der Waals surface area contributed by atoms with E-state index < -0.39 is 0 Å². The van der Waals surface area contributed by atoms with Crippen molar-refractivity contribution in [2.24, 2.45) is 0 Å². The van der Waals surface area contributed by atoms with Gasteiger partial charge in [0.1, 0.15) is 0 Å². The molecule has 2 aliphatic carbocycles. The van der Waals surface area contributed by atoms with Gasteiger partial charge in [-0.3, -0.25) is 10.6 Å². The zero-order valence-corrected chi connectivity index (χ0v) is 15.0. The van der Waals surface area contributed by atoms with Gasteiger partial charge in [0.25, 0.3) is 0 Å². The van der Waals surface area contributed by atoms with E-state index in [1.807, 2.05) is 0 Å². The van der Waals surface area contributed by atoms with Crippen LogP contribution in [0, 0.1) is 0 Å². The van der Waals surface area contributed by atoms with Crippen molar-refractivity contribution in [2.75, 3.05) is 0 Å². The minimum atomic E-state index is 0.539. The summed E-state index contributed by atoms with van der Waals surface area (Å²) in [6.45, 7) is 4.41. The molecule has 0 unspecified atom stereocenters. The van der Waals surface area contributed by atoms with Gasteiger partial charge in [-0.05, 0) is 58.8 Å². The molecule has 0 heterocycles. The van der Waals surface area contributed by atoms with Crippen LogP contribution in [-0.4, -0.2) is 18.2 Å². The zero-order valence-electron chi connectivity index (χ0n) is 15.0. The number of rotatable bonds is 8. The van der Waals surface area contributed by atoms with Gasteiger partial charge in [-0.25, -0.2) is 0 Å². The largest absolute Gasteiger partial charge is 0.299 e. The highest BCUT2D eigenvalue weighted by atomic mass is 15.1. The molecule has 2 rings (SSSR count). The molecule has 0 saturated heterocycles. The summed E-state index contributed by atoms with van der Waals surface area (Å²) in [4.78, 5) is 0. The van der Waals surface area contributed by atoms with Gasteiger partial charge in [-0.2, -0.15) is 0 Å². The Morgan fingerprint density at radius 3 is 1.82 bits per heavy atom. The molecule has 2 nitrogen and oxygen atoms in total. The first-order valence-electron chi connectivity index (χ1n) is 9.89. The predicted molar refractivity (Wildman–Crippen MR) is 97.1 cm³/mol. The Balaban J connectivity index is 1.77. The zero-order chi connectivity index (χ0) is 15.6. The molecule has 0 bridgehead atoms. The molecular formula is C20H38N2. The minimum absolute atomic E-state index is 0.539. The lowest BCUT2D eigenvalue weighted by Gasteiger charge is -2.33. The third kappa shape index (κ3) is 7.28. The van der Waals surface area contributed by atoms with Crippen molar-refractivity contribution in [1.29, 1.82) is 0 Å². The molecule has 2 fully saturated rings. The van der Waals surface area contributed by atoms with Gasteiger partial charge in [0.2, 0.25) is 0 Å². The average Bonchev–Trinajstić information content (AvgIpc) is 2.53. The molecule has 2 aliphatic rings. The van der Waals surface area contributed by atoms with Gasteiger partial charge >= 0.3 is 0 Å². The number of allylic oxidation sites excluding steroid dienone is 2. The van der Waals surface area contributed by atoms with E-state index in [-0.39, 0.29) is 0 Å². The Hall–Kier alpha value is -0.340. The lowest BCUT2D eigenvalue weighted by atomic mass is 9.93. The molecule has 22 heavy (non-hydrogen) atoms. The van der Waals surface area contributed by atoms with E-state index in [4.69, 9.17) is 0 Å². The molecule has 128 valence electrons. The molecule has 0 aliphatic heterocycles. The van der Waals surface area contributed by atoms with Crippen LogP contribution in [-0.2, 0) is 0 Å². The van der Waals surface area contributed by atoms with Gasteiger partial charge in [0.05, 0.1) is 6.17 Å². The van der Waals surface area contributed by atoms with Gasteiger partial charge in [0.15, 0.2) is 0 Å². The minimum Gasteiger partial charge on any atom is -0.299 e. The Bertz CT molecular complexity index is 288. The molecule has 0 amide bonds. The van der Waals surface area contributed by atoms with Gasteiger partial charge < -0.3 is 0 Å². The van der Waals surface area contributed by atoms with Crippen LogP contribution >= 0.6 is 0 Å². The van der Waals surface area contributed by atoms with Crippen LogP contribution in [0.15, 0.2) is 11.6 Å². The highest BCUT2D eigenvalue weighted by Crippen LogP contribution is 2.21. The van der Waals surface area contributed by atoms with Crippen molar-refractivity contribution < 1.29 is 0 Å². The Labute approximate surface area is 138 Å². The summed E-state index contributed by atoms with van der Waals surface area (Å²) in [7, 11) is 0. The first kappa shape index (κ1) is 18.0. The second kappa shape index (κ2) is 10.4. The van der Waals surface area contributed by atoms with Crippen molar-refractivity contribution in [1.82, 2.24) is 10.6 Å². The molecule has 2 N–H and O–H groups in total. The van der Waals surface area contributed by atoms with E-state index in [0.29, 0.717) is 6.17 Å². The van der Waals surface area contributed by atoms with Crippen LogP contribution in [0.1, 0.15) is 97.3 Å². The smallest absolute Gasteiger partial charge is 0.0576 e. The van der Waals surface area contributed by atoms with E-state index in [1.165, 1.54) is 89.0 Å². The summed E-state index contributed by atoms with van der Waals surface area (Å²) >= 11 is 0. The fourth-order valence-corrected chi connectivity index (χ4v) is 4.04. The first-order valence-corrected chi connectivity index (χ1v) is 9.89. The second-order valence-corrected chi connectivity index (χ2v) is 7.77. The standard InChI is InChI=1S/C20H38N2/c1-17(2)11-9-10-16-20(21-18-12-5-3-6-13-18)22-19-14-7-4-8-15-19/h11,18-22H,3-10,12-16H2,1-2H3. The average molecular weight is 307 g/mol. The third-order valence-electron chi connectivity index (χ3n) is 5.33. The van der Waals surface area contributed by atoms with E-state index in [2.05, 4.69) is 30.6 Å². The summed E-state index contributed by atoms with van der Waals surface area (Å²) in [5.41, 5.74) is 1.46. The topological polar surface area (TPSA) is 24.1 Å². The predicted octanol–water partition coefficient (Wildman–Crippen LogP) is 5.29. The SMILES string of the molecule is CC(C)=CCCCC(NC1CCCCC1)NC1CCCCC1. The summed E-state index contributed by atoms with van der Waals surface area (Å²) < 4.78 is 0. The number of nitrogens with one attached hydrogen (secondary N) is 2. The van der Waals surface area contributed by atoms with Crippen molar-refractivity contribution in [2.45, 2.75) is 116 Å². The van der Waals surface area contributed by atoms with Crippen molar-refractivity contribution in [3.63, 3.8) is 0 Å². The van der Waals surface area contributed by atoms with Crippen molar-refractivity contribution in [3.05, 3.63) is 11.6 Å². The lowest BCUT2D eigenvalue weighted by Crippen LogP contribution is -2.51. The number of unbranched alkanes of at least 4 members (excludes halogenated alkanes) is 1. The highest BCUT2D eigenvalue weighted by molar-refractivity contribution is 4.93. The maximum atomic E-state index is 3.96. The van der Waals surface area contributed by atoms with Crippen LogP contribution < -0.4 is 10.6 Å². The Morgan fingerprint density at radius 2 is 1.36 bits per heavy atom. The van der Waals surface area contributed by atoms with Crippen LogP contribution in [0.4, 0.5) is 0 Å². The van der Waals surface area contributed by atoms with E-state index >= 15 is 0 Å². The summed E-state index contributed by atoms with van der Waals surface area (Å²) in [5, 5.41) is 7.92. The molecular weight excluding hydrogens is 268 g/mol. The first-order chi connectivity index (χ1) is 10.7. The van der Waals surface area contributed by atoms with Crippen molar-refractivity contribution >= 4 is 0 Å². The van der Waals surface area contributed by atoms with E-state index in [1.54, 1.807) is 0 Å². The van der Waals surface area contributed by atoms with Crippen LogP contribution in [0.5, 0.6) is 0 Å². The van der Waals surface area contributed by atoms with E-state index in [9.17, 15) is 0 Å². The number of hydrogen-bond donors (Lipinski definition) is 2. The molecule has 0 atom stereocenters. The number of hydrogen-bond acceptors (Lipinski definition) is 2. The molecule has 2 heteroatoms. The lowest BCUT2D eigenvalue weighted by molar-refractivity contribution is 0.252. The molecule has 0 aromatic carbocycles. The van der Waals surface area contributed by atoms with Crippen LogP contribution in [0.3, 0.4) is 0 Å².